The van der Waals surface area contributed by atoms with E-state index >= 15 is 0 Å². The minimum Gasteiger partial charge on any atom is -0.294 e. The Morgan fingerprint density at radius 2 is 1.86 bits per heavy atom. The summed E-state index contributed by atoms with van der Waals surface area (Å²) in [4.78, 5) is 25.2. The highest BCUT2D eigenvalue weighted by Crippen LogP contribution is 2.42. The highest BCUT2D eigenvalue weighted by atomic mass is 16.2. The van der Waals surface area contributed by atoms with Crippen molar-refractivity contribution in [2.24, 2.45) is 0 Å². The summed E-state index contributed by atoms with van der Waals surface area (Å²) >= 11 is 0. The molecule has 1 amide bonds. The van der Waals surface area contributed by atoms with Gasteiger partial charge in [0.1, 0.15) is 0 Å². The Hall–Kier alpha value is -1.94. The summed E-state index contributed by atoms with van der Waals surface area (Å²) < 4.78 is 0. The van der Waals surface area contributed by atoms with Crippen LogP contribution in [0.25, 0.3) is 0 Å². The predicted molar refractivity (Wildman–Crippen MR) is 85.0 cm³/mol. The van der Waals surface area contributed by atoms with Gasteiger partial charge < -0.3 is 0 Å². The Kier molecular flexibility index (Phi) is 3.87. The summed E-state index contributed by atoms with van der Waals surface area (Å²) in [7, 11) is 3.71. The predicted octanol–water partition coefficient (Wildman–Crippen LogP) is 2.79. The second-order valence-corrected chi connectivity index (χ2v) is 6.30. The lowest BCUT2D eigenvalue weighted by Crippen LogP contribution is -2.47. The number of Topliss-reactive ketones (excluding diaryl/α,β-unsaturated/α-hetero) is 1. The maximum absolute atomic E-state index is 12.6. The van der Waals surface area contributed by atoms with E-state index < -0.39 is 0 Å². The lowest BCUT2D eigenvalue weighted by molar-refractivity contribution is -0.143. The molecule has 2 aliphatic rings. The van der Waals surface area contributed by atoms with Crippen LogP contribution in [-0.2, 0) is 9.59 Å². The van der Waals surface area contributed by atoms with Gasteiger partial charge in [0, 0.05) is 44.1 Å². The first-order valence-electron chi connectivity index (χ1n) is 7.82. The molecule has 0 aromatic heterocycles. The Balaban J connectivity index is 2.16. The lowest BCUT2D eigenvalue weighted by Gasteiger charge is -2.41. The number of nitrogens with zero attached hydrogens (tertiary/aromatic N) is 2. The SMILES string of the molecule is Cc1ccccc1C1CC(=O)N(N(C)C)C2=C1C(=O)CCC2. The van der Waals surface area contributed by atoms with Crippen molar-refractivity contribution in [2.75, 3.05) is 14.1 Å². The molecular weight excluding hydrogens is 276 g/mol. The van der Waals surface area contributed by atoms with Gasteiger partial charge in [-0.05, 0) is 30.9 Å². The van der Waals surface area contributed by atoms with E-state index in [-0.39, 0.29) is 17.6 Å². The summed E-state index contributed by atoms with van der Waals surface area (Å²) in [6.45, 7) is 2.05. The highest BCUT2D eigenvalue weighted by Gasteiger charge is 2.40. The number of hydrazine groups is 1. The van der Waals surface area contributed by atoms with Crippen LogP contribution in [0.2, 0.25) is 0 Å². The van der Waals surface area contributed by atoms with Gasteiger partial charge in [-0.3, -0.25) is 9.59 Å². The van der Waals surface area contributed by atoms with Crippen molar-refractivity contribution >= 4 is 11.7 Å². The third-order valence-electron chi connectivity index (χ3n) is 4.61. The molecule has 1 aromatic carbocycles. The van der Waals surface area contributed by atoms with Gasteiger partial charge in [0.25, 0.3) is 0 Å². The van der Waals surface area contributed by atoms with E-state index in [9.17, 15) is 9.59 Å². The molecular formula is C18H22N2O2. The number of carbonyl (C=O) groups excluding carboxylic acids is 2. The Labute approximate surface area is 131 Å². The van der Waals surface area contributed by atoms with Crippen molar-refractivity contribution in [1.82, 2.24) is 10.0 Å². The van der Waals surface area contributed by atoms with E-state index in [1.54, 1.807) is 10.0 Å². The number of ketones is 1. The first-order chi connectivity index (χ1) is 10.5. The minimum atomic E-state index is -0.0901. The monoisotopic (exact) mass is 298 g/mol. The summed E-state index contributed by atoms with van der Waals surface area (Å²) in [5.41, 5.74) is 4.01. The van der Waals surface area contributed by atoms with Crippen LogP contribution in [-0.4, -0.2) is 35.8 Å². The third kappa shape index (κ3) is 2.37. The fraction of sp³-hybridized carbons (Fsp3) is 0.444. The van der Waals surface area contributed by atoms with Gasteiger partial charge in [0.15, 0.2) is 5.78 Å². The zero-order valence-electron chi connectivity index (χ0n) is 13.4. The summed E-state index contributed by atoms with van der Waals surface area (Å²) in [5, 5.41) is 3.49. The molecule has 1 aliphatic heterocycles. The fourth-order valence-electron chi connectivity index (χ4n) is 3.68. The Bertz CT molecular complexity index is 661. The molecule has 3 rings (SSSR count). The van der Waals surface area contributed by atoms with E-state index in [2.05, 4.69) is 0 Å². The summed E-state index contributed by atoms with van der Waals surface area (Å²) in [5.74, 6) is 0.188. The first kappa shape index (κ1) is 15.0. The number of carbonyl (C=O) groups is 2. The number of aryl methyl sites for hydroxylation is 1. The van der Waals surface area contributed by atoms with Crippen LogP contribution in [0.15, 0.2) is 35.5 Å². The second kappa shape index (κ2) is 5.69. The molecule has 0 saturated heterocycles. The molecule has 1 atom stereocenters. The molecule has 4 nitrogen and oxygen atoms in total. The van der Waals surface area contributed by atoms with Gasteiger partial charge in [-0.2, -0.15) is 0 Å². The van der Waals surface area contributed by atoms with Gasteiger partial charge in [-0.15, -0.1) is 0 Å². The molecule has 0 N–H and O–H groups in total. The topological polar surface area (TPSA) is 40.6 Å². The molecule has 116 valence electrons. The molecule has 22 heavy (non-hydrogen) atoms. The van der Waals surface area contributed by atoms with Crippen molar-refractivity contribution < 1.29 is 9.59 Å². The fourth-order valence-corrected chi connectivity index (χ4v) is 3.68. The smallest absolute Gasteiger partial charge is 0.242 e. The van der Waals surface area contributed by atoms with E-state index in [0.717, 1.165) is 35.2 Å². The van der Waals surface area contributed by atoms with E-state index in [1.807, 2.05) is 45.3 Å². The number of rotatable bonds is 2. The van der Waals surface area contributed by atoms with Crippen molar-refractivity contribution in [3.8, 4) is 0 Å². The number of benzene rings is 1. The van der Waals surface area contributed by atoms with Crippen LogP contribution in [0, 0.1) is 6.92 Å². The maximum Gasteiger partial charge on any atom is 0.242 e. The average molecular weight is 298 g/mol. The molecule has 0 fully saturated rings. The number of amides is 1. The molecule has 0 saturated carbocycles. The Morgan fingerprint density at radius 1 is 1.14 bits per heavy atom. The first-order valence-corrected chi connectivity index (χ1v) is 7.82. The van der Waals surface area contributed by atoms with Crippen LogP contribution >= 0.6 is 0 Å². The zero-order chi connectivity index (χ0) is 15.9. The molecule has 1 aromatic rings. The number of allylic oxidation sites excluding steroid dienone is 2. The molecule has 1 heterocycles. The van der Waals surface area contributed by atoms with Crippen LogP contribution in [0.1, 0.15) is 42.7 Å². The van der Waals surface area contributed by atoms with Crippen molar-refractivity contribution in [1.29, 1.82) is 0 Å². The van der Waals surface area contributed by atoms with Gasteiger partial charge in [-0.1, -0.05) is 24.3 Å². The summed E-state index contributed by atoms with van der Waals surface area (Å²) in [6.07, 6.45) is 2.59. The van der Waals surface area contributed by atoms with Crippen LogP contribution in [0.3, 0.4) is 0 Å². The van der Waals surface area contributed by atoms with E-state index in [1.165, 1.54) is 0 Å². The lowest BCUT2D eigenvalue weighted by atomic mass is 9.76. The highest BCUT2D eigenvalue weighted by molar-refractivity contribution is 6.01. The average Bonchev–Trinajstić information content (AvgIpc) is 2.46. The molecule has 1 aliphatic carbocycles. The second-order valence-electron chi connectivity index (χ2n) is 6.30. The normalized spacial score (nSPS) is 22.4. The van der Waals surface area contributed by atoms with Gasteiger partial charge in [0.05, 0.1) is 0 Å². The molecule has 0 radical (unpaired) electrons. The standard InChI is InChI=1S/C18H22N2O2/c1-12-7-4-5-8-13(12)14-11-17(22)20(19(2)3)15-9-6-10-16(21)18(14)15/h4-5,7-8,14H,6,9-11H2,1-3H3. The van der Waals surface area contributed by atoms with Gasteiger partial charge >= 0.3 is 0 Å². The van der Waals surface area contributed by atoms with Crippen molar-refractivity contribution in [3.05, 3.63) is 46.7 Å². The van der Waals surface area contributed by atoms with Crippen molar-refractivity contribution in [2.45, 2.75) is 38.5 Å². The van der Waals surface area contributed by atoms with Gasteiger partial charge in [0.2, 0.25) is 5.91 Å². The molecule has 4 heteroatoms. The quantitative estimate of drug-likeness (QED) is 0.843. The minimum absolute atomic E-state index is 0.0757. The van der Waals surface area contributed by atoms with Gasteiger partial charge in [-0.25, -0.2) is 10.0 Å². The zero-order valence-corrected chi connectivity index (χ0v) is 13.4. The van der Waals surface area contributed by atoms with Crippen LogP contribution in [0.4, 0.5) is 0 Å². The largest absolute Gasteiger partial charge is 0.294 e. The molecule has 1 unspecified atom stereocenters. The number of hydrogen-bond acceptors (Lipinski definition) is 3. The summed E-state index contributed by atoms with van der Waals surface area (Å²) in [6, 6.07) is 8.07. The number of hydrogen-bond donors (Lipinski definition) is 0. The van der Waals surface area contributed by atoms with Crippen LogP contribution in [0.5, 0.6) is 0 Å². The maximum atomic E-state index is 12.6. The third-order valence-corrected chi connectivity index (χ3v) is 4.61. The van der Waals surface area contributed by atoms with E-state index in [4.69, 9.17) is 0 Å². The Morgan fingerprint density at radius 3 is 2.55 bits per heavy atom. The van der Waals surface area contributed by atoms with E-state index in [0.29, 0.717) is 12.8 Å². The van der Waals surface area contributed by atoms with Crippen LogP contribution < -0.4 is 0 Å². The molecule has 0 bridgehead atoms. The van der Waals surface area contributed by atoms with Crippen molar-refractivity contribution in [3.63, 3.8) is 0 Å². The molecule has 0 spiro atoms.